The summed E-state index contributed by atoms with van der Waals surface area (Å²) < 4.78 is 15.2. The number of hydrogen-bond acceptors (Lipinski definition) is 3. The van der Waals surface area contributed by atoms with Crippen LogP contribution >= 0.6 is 11.8 Å². The lowest BCUT2D eigenvalue weighted by Crippen LogP contribution is -1.96. The number of halogens is 1. The fraction of sp³-hybridized carbons (Fsp3) is 0.0588. The molecule has 1 aromatic heterocycles. The lowest BCUT2D eigenvalue weighted by molar-refractivity contribution is 0.626. The molecule has 0 N–H and O–H groups in total. The lowest BCUT2D eigenvalue weighted by Gasteiger charge is -2.07. The Labute approximate surface area is 132 Å². The van der Waals surface area contributed by atoms with Crippen molar-refractivity contribution in [3.05, 3.63) is 77.9 Å². The molecule has 0 saturated carbocycles. The van der Waals surface area contributed by atoms with E-state index in [-0.39, 0.29) is 5.82 Å². The Kier molecular flexibility index (Phi) is 4.22. The number of hydrogen-bond donors (Lipinski definition) is 0. The number of imidazole rings is 1. The average molecular weight is 309 g/mol. The van der Waals surface area contributed by atoms with E-state index in [9.17, 15) is 4.39 Å². The number of thioether (sulfide) groups is 1. The summed E-state index contributed by atoms with van der Waals surface area (Å²) in [6.07, 6.45) is 3.52. The molecule has 0 bridgehead atoms. The number of nitrogens with zero attached hydrogens (tertiary/aromatic N) is 3. The molecule has 0 amide bonds. The Hall–Kier alpha value is -2.58. The molecule has 0 saturated heterocycles. The molecule has 22 heavy (non-hydrogen) atoms. The van der Waals surface area contributed by atoms with Gasteiger partial charge >= 0.3 is 0 Å². The molecule has 2 aromatic carbocycles. The lowest BCUT2D eigenvalue weighted by atomic mass is 10.2. The predicted octanol–water partition coefficient (Wildman–Crippen LogP) is 4.18. The summed E-state index contributed by atoms with van der Waals surface area (Å²) in [6, 6.07) is 16.0. The van der Waals surface area contributed by atoms with Crippen molar-refractivity contribution >= 4 is 11.8 Å². The maximum Gasteiger partial charge on any atom is 0.172 e. The van der Waals surface area contributed by atoms with E-state index in [1.165, 1.54) is 12.1 Å². The van der Waals surface area contributed by atoms with E-state index in [0.29, 0.717) is 5.56 Å². The second kappa shape index (κ2) is 6.46. The zero-order valence-corrected chi connectivity index (χ0v) is 12.4. The zero-order valence-electron chi connectivity index (χ0n) is 11.6. The van der Waals surface area contributed by atoms with Crippen molar-refractivity contribution < 1.29 is 4.39 Å². The third kappa shape index (κ3) is 3.18. The van der Waals surface area contributed by atoms with Crippen LogP contribution in [0.2, 0.25) is 0 Å². The topological polar surface area (TPSA) is 41.6 Å². The molecule has 0 unspecified atom stereocenters. The Morgan fingerprint density at radius 2 is 2.00 bits per heavy atom. The molecule has 0 aliphatic carbocycles. The SMILES string of the molecule is N#Cc1ccc(CSc2nccn2-c2cccc(F)c2)cc1. The molecule has 108 valence electrons. The molecule has 1 heterocycles. The number of nitriles is 1. The first-order valence-corrected chi connectivity index (χ1v) is 7.66. The van der Waals surface area contributed by atoms with Gasteiger partial charge < -0.3 is 0 Å². The van der Waals surface area contributed by atoms with Crippen LogP contribution in [0, 0.1) is 17.1 Å². The number of aromatic nitrogens is 2. The van der Waals surface area contributed by atoms with Gasteiger partial charge in [0.1, 0.15) is 5.82 Å². The van der Waals surface area contributed by atoms with Crippen molar-refractivity contribution in [3.8, 4) is 11.8 Å². The van der Waals surface area contributed by atoms with Crippen molar-refractivity contribution in [2.24, 2.45) is 0 Å². The van der Waals surface area contributed by atoms with Gasteiger partial charge in [-0.3, -0.25) is 4.57 Å². The summed E-state index contributed by atoms with van der Waals surface area (Å²) in [5, 5.41) is 9.60. The van der Waals surface area contributed by atoms with Crippen LogP contribution in [0.25, 0.3) is 5.69 Å². The van der Waals surface area contributed by atoms with E-state index in [1.54, 1.807) is 36.2 Å². The fourth-order valence-corrected chi connectivity index (χ4v) is 2.97. The molecule has 0 spiro atoms. The molecule has 0 aliphatic heterocycles. The molecular weight excluding hydrogens is 297 g/mol. The maximum atomic E-state index is 13.3. The van der Waals surface area contributed by atoms with Gasteiger partial charge in [-0.2, -0.15) is 5.26 Å². The first-order chi connectivity index (χ1) is 10.8. The van der Waals surface area contributed by atoms with Gasteiger partial charge in [0.2, 0.25) is 0 Å². The molecule has 5 heteroatoms. The first kappa shape index (κ1) is 14.4. The maximum absolute atomic E-state index is 13.3. The van der Waals surface area contributed by atoms with Gasteiger partial charge in [0.25, 0.3) is 0 Å². The Morgan fingerprint density at radius 3 is 2.73 bits per heavy atom. The highest BCUT2D eigenvalue weighted by molar-refractivity contribution is 7.98. The summed E-state index contributed by atoms with van der Waals surface area (Å²) in [4.78, 5) is 4.32. The number of benzene rings is 2. The van der Waals surface area contributed by atoms with E-state index >= 15 is 0 Å². The third-order valence-corrected chi connectivity index (χ3v) is 4.18. The minimum absolute atomic E-state index is 0.269. The monoisotopic (exact) mass is 309 g/mol. The van der Waals surface area contributed by atoms with Gasteiger partial charge in [-0.05, 0) is 35.9 Å². The van der Waals surface area contributed by atoms with E-state index in [2.05, 4.69) is 11.1 Å². The van der Waals surface area contributed by atoms with Crippen LogP contribution in [0.4, 0.5) is 4.39 Å². The van der Waals surface area contributed by atoms with Crippen LogP contribution < -0.4 is 0 Å². The molecule has 3 rings (SSSR count). The summed E-state index contributed by atoms with van der Waals surface area (Å²) in [5.41, 5.74) is 2.51. The largest absolute Gasteiger partial charge is 0.295 e. The Balaban J connectivity index is 1.76. The van der Waals surface area contributed by atoms with Crippen molar-refractivity contribution in [3.63, 3.8) is 0 Å². The Morgan fingerprint density at radius 1 is 1.18 bits per heavy atom. The quantitative estimate of drug-likeness (QED) is 0.679. The third-order valence-electron chi connectivity index (χ3n) is 3.14. The average Bonchev–Trinajstić information content (AvgIpc) is 3.02. The first-order valence-electron chi connectivity index (χ1n) is 6.67. The Bertz CT molecular complexity index is 818. The summed E-state index contributed by atoms with van der Waals surface area (Å²) in [5.74, 6) is 0.465. The van der Waals surface area contributed by atoms with Crippen LogP contribution in [0.1, 0.15) is 11.1 Å². The fourth-order valence-electron chi connectivity index (χ4n) is 2.04. The second-order valence-electron chi connectivity index (χ2n) is 4.66. The smallest absolute Gasteiger partial charge is 0.172 e. The number of rotatable bonds is 4. The van der Waals surface area contributed by atoms with Gasteiger partial charge in [-0.25, -0.2) is 9.37 Å². The molecule has 3 aromatic rings. The molecule has 0 atom stereocenters. The molecule has 0 aliphatic rings. The van der Waals surface area contributed by atoms with Crippen molar-refractivity contribution in [2.45, 2.75) is 10.9 Å². The van der Waals surface area contributed by atoms with E-state index in [4.69, 9.17) is 5.26 Å². The van der Waals surface area contributed by atoms with E-state index < -0.39 is 0 Å². The highest BCUT2D eigenvalue weighted by atomic mass is 32.2. The second-order valence-corrected chi connectivity index (χ2v) is 5.60. The van der Waals surface area contributed by atoms with Crippen LogP contribution in [-0.2, 0) is 5.75 Å². The summed E-state index contributed by atoms with van der Waals surface area (Å²) in [6.45, 7) is 0. The van der Waals surface area contributed by atoms with Gasteiger partial charge in [-0.15, -0.1) is 0 Å². The minimum atomic E-state index is -0.269. The highest BCUT2D eigenvalue weighted by Crippen LogP contribution is 2.24. The summed E-state index contributed by atoms with van der Waals surface area (Å²) >= 11 is 1.57. The molecule has 3 nitrogen and oxygen atoms in total. The van der Waals surface area contributed by atoms with E-state index in [0.717, 1.165) is 22.2 Å². The van der Waals surface area contributed by atoms with Gasteiger partial charge in [0, 0.05) is 18.1 Å². The van der Waals surface area contributed by atoms with Gasteiger partial charge in [0.15, 0.2) is 5.16 Å². The van der Waals surface area contributed by atoms with Crippen LogP contribution in [0.15, 0.2) is 66.1 Å². The standard InChI is InChI=1S/C17H12FN3S/c18-15-2-1-3-16(10-15)21-9-8-20-17(21)22-12-14-6-4-13(11-19)5-7-14/h1-10H,12H2. The minimum Gasteiger partial charge on any atom is -0.295 e. The molecular formula is C17H12FN3S. The van der Waals surface area contributed by atoms with Crippen molar-refractivity contribution in [2.75, 3.05) is 0 Å². The molecule has 0 fully saturated rings. The van der Waals surface area contributed by atoms with Crippen molar-refractivity contribution in [1.82, 2.24) is 9.55 Å². The molecule has 0 radical (unpaired) electrons. The predicted molar refractivity (Wildman–Crippen MR) is 84.2 cm³/mol. The van der Waals surface area contributed by atoms with Crippen LogP contribution in [0.5, 0.6) is 0 Å². The van der Waals surface area contributed by atoms with Crippen LogP contribution in [0.3, 0.4) is 0 Å². The zero-order chi connectivity index (χ0) is 15.4. The van der Waals surface area contributed by atoms with Crippen molar-refractivity contribution in [1.29, 1.82) is 5.26 Å². The van der Waals surface area contributed by atoms with Gasteiger partial charge in [-0.1, -0.05) is 30.0 Å². The van der Waals surface area contributed by atoms with E-state index in [1.807, 2.05) is 29.0 Å². The summed E-state index contributed by atoms with van der Waals surface area (Å²) in [7, 11) is 0. The highest BCUT2D eigenvalue weighted by Gasteiger charge is 2.07. The van der Waals surface area contributed by atoms with Gasteiger partial charge in [0.05, 0.1) is 17.3 Å². The van der Waals surface area contributed by atoms with Crippen LogP contribution in [-0.4, -0.2) is 9.55 Å². The normalized spacial score (nSPS) is 10.4.